The Balaban J connectivity index is 1.07. The third-order valence-corrected chi connectivity index (χ3v) is 13.6. The lowest BCUT2D eigenvalue weighted by Gasteiger charge is -2.42. The van der Waals surface area contributed by atoms with Crippen LogP contribution in [0.5, 0.6) is 0 Å². The highest BCUT2D eigenvalue weighted by Gasteiger charge is 2.39. The van der Waals surface area contributed by atoms with Crippen LogP contribution in [0.1, 0.15) is 51.7 Å². The van der Waals surface area contributed by atoms with Crippen LogP contribution < -0.4 is 0 Å². The van der Waals surface area contributed by atoms with Crippen molar-refractivity contribution in [3.63, 3.8) is 0 Å². The van der Waals surface area contributed by atoms with E-state index in [4.69, 9.17) is 15.0 Å². The van der Waals surface area contributed by atoms with Crippen LogP contribution in [-0.2, 0) is 10.8 Å². The molecule has 0 fully saturated rings. The second-order valence-electron chi connectivity index (χ2n) is 18.3. The molecule has 0 spiro atoms. The summed E-state index contributed by atoms with van der Waals surface area (Å²) in [6.07, 6.45) is 2.34. The molecule has 1 aliphatic carbocycles. The third-order valence-electron chi connectivity index (χ3n) is 13.6. The fourth-order valence-electron chi connectivity index (χ4n) is 10.5. The molecule has 0 atom stereocenters. The van der Waals surface area contributed by atoms with Gasteiger partial charge in [0.2, 0.25) is 0 Å². The first-order chi connectivity index (χ1) is 30.2. The maximum absolute atomic E-state index is 5.33. The molecule has 298 valence electrons. The van der Waals surface area contributed by atoms with Gasteiger partial charge in [-0.2, -0.15) is 0 Å². The Kier molecular flexibility index (Phi) is 7.98. The zero-order chi connectivity index (χ0) is 41.7. The first-order valence-electron chi connectivity index (χ1n) is 21.8. The molecule has 62 heavy (non-hydrogen) atoms. The molecule has 0 unspecified atom stereocenters. The normalized spacial score (nSPS) is 14.6. The standard InChI is InChI=1S/C57H45N5/c1-56(2)33-34-57(3,4)52-45(56)30-32-50-51(52)44-25-12-15-28-48(44)62(50)49-31-29-43(39-21-8-9-22-40(39)49)55-59-53(36-17-6-5-7-18-36)58-54(60-55)37-19-16-20-38(35-37)61-46-26-13-10-23-41(46)42-24-11-14-27-47(42)61/h5-32,35H,33-34H2,1-4H3. The first kappa shape index (κ1) is 36.5. The van der Waals surface area contributed by atoms with Crippen LogP contribution in [0.2, 0.25) is 0 Å². The summed E-state index contributed by atoms with van der Waals surface area (Å²) >= 11 is 0. The fourth-order valence-corrected chi connectivity index (χ4v) is 10.5. The maximum Gasteiger partial charge on any atom is 0.164 e. The van der Waals surface area contributed by atoms with Crippen molar-refractivity contribution in [2.45, 2.75) is 51.4 Å². The summed E-state index contributed by atoms with van der Waals surface area (Å²) in [6.45, 7) is 9.70. The second kappa shape index (κ2) is 13.6. The van der Waals surface area contributed by atoms with Crippen molar-refractivity contribution in [1.29, 1.82) is 0 Å². The minimum absolute atomic E-state index is 0.0566. The van der Waals surface area contributed by atoms with Gasteiger partial charge in [0.25, 0.3) is 0 Å². The van der Waals surface area contributed by atoms with E-state index < -0.39 is 0 Å². The molecule has 0 aliphatic heterocycles. The average molecular weight is 800 g/mol. The molecule has 0 N–H and O–H groups in total. The summed E-state index contributed by atoms with van der Waals surface area (Å²) in [6, 6.07) is 63.0. The SMILES string of the molecule is CC1(C)CCC(C)(C)c2c1ccc1c2c2ccccc2n1-c1ccc(-c2nc(-c3ccccc3)nc(-c3cccc(-n4c5ccccc5c5ccccc54)c3)n2)c2ccccc12. The van der Waals surface area contributed by atoms with Crippen LogP contribution in [0.25, 0.3) is 99.9 Å². The van der Waals surface area contributed by atoms with Gasteiger partial charge in [0.15, 0.2) is 17.5 Å². The summed E-state index contributed by atoms with van der Waals surface area (Å²) in [4.78, 5) is 15.7. The molecular weight excluding hydrogens is 755 g/mol. The Morgan fingerprint density at radius 1 is 0.403 bits per heavy atom. The molecular formula is C57H45N5. The molecule has 0 amide bonds. The number of para-hydroxylation sites is 3. The summed E-state index contributed by atoms with van der Waals surface area (Å²) in [5.74, 6) is 1.90. The first-order valence-corrected chi connectivity index (χ1v) is 21.8. The summed E-state index contributed by atoms with van der Waals surface area (Å²) in [7, 11) is 0. The number of fused-ring (bicyclic) bond motifs is 9. The van der Waals surface area contributed by atoms with E-state index in [0.717, 1.165) is 56.3 Å². The van der Waals surface area contributed by atoms with Crippen molar-refractivity contribution in [3.8, 4) is 45.5 Å². The van der Waals surface area contributed by atoms with Crippen LogP contribution >= 0.6 is 0 Å². The monoisotopic (exact) mass is 799 g/mol. The number of aromatic nitrogens is 5. The van der Waals surface area contributed by atoms with E-state index in [1.165, 1.54) is 50.1 Å². The van der Waals surface area contributed by atoms with Crippen molar-refractivity contribution < 1.29 is 0 Å². The lowest BCUT2D eigenvalue weighted by atomic mass is 9.62. The molecule has 0 saturated carbocycles. The number of benzene rings is 8. The third kappa shape index (κ3) is 5.51. The smallest absolute Gasteiger partial charge is 0.164 e. The van der Waals surface area contributed by atoms with Gasteiger partial charge in [0, 0.05) is 49.3 Å². The second-order valence-corrected chi connectivity index (χ2v) is 18.3. The molecule has 12 rings (SSSR count). The summed E-state index contributed by atoms with van der Waals surface area (Å²) < 4.78 is 4.83. The van der Waals surface area contributed by atoms with Gasteiger partial charge in [-0.1, -0.05) is 155 Å². The predicted molar refractivity (Wildman–Crippen MR) is 258 cm³/mol. The molecule has 3 heterocycles. The lowest BCUT2D eigenvalue weighted by Crippen LogP contribution is -2.34. The minimum Gasteiger partial charge on any atom is -0.309 e. The van der Waals surface area contributed by atoms with E-state index in [1.807, 2.05) is 18.2 Å². The number of hydrogen-bond donors (Lipinski definition) is 0. The minimum atomic E-state index is 0.0566. The van der Waals surface area contributed by atoms with E-state index in [2.05, 4.69) is 195 Å². The Labute approximate surface area is 361 Å². The van der Waals surface area contributed by atoms with E-state index in [1.54, 1.807) is 0 Å². The highest BCUT2D eigenvalue weighted by Crippen LogP contribution is 2.51. The molecule has 1 aliphatic rings. The van der Waals surface area contributed by atoms with Crippen molar-refractivity contribution in [1.82, 2.24) is 24.1 Å². The Hall–Kier alpha value is -7.37. The summed E-state index contributed by atoms with van der Waals surface area (Å²) in [5, 5.41) is 7.36. The molecule has 5 heteroatoms. The highest BCUT2D eigenvalue weighted by molar-refractivity contribution is 6.14. The van der Waals surface area contributed by atoms with E-state index in [0.29, 0.717) is 17.5 Å². The van der Waals surface area contributed by atoms with Crippen LogP contribution in [0.15, 0.2) is 176 Å². The van der Waals surface area contributed by atoms with Crippen LogP contribution in [-0.4, -0.2) is 24.1 Å². The largest absolute Gasteiger partial charge is 0.309 e. The Bertz CT molecular complexity index is 3530. The van der Waals surface area contributed by atoms with Gasteiger partial charge in [-0.05, 0) is 88.7 Å². The zero-order valence-electron chi connectivity index (χ0n) is 35.4. The number of hydrogen-bond acceptors (Lipinski definition) is 3. The van der Waals surface area contributed by atoms with Gasteiger partial charge in [-0.15, -0.1) is 0 Å². The molecule has 3 aromatic heterocycles. The van der Waals surface area contributed by atoms with Crippen LogP contribution in [0.3, 0.4) is 0 Å². The van der Waals surface area contributed by atoms with Crippen LogP contribution in [0.4, 0.5) is 0 Å². The van der Waals surface area contributed by atoms with Gasteiger partial charge in [0.1, 0.15) is 0 Å². The topological polar surface area (TPSA) is 48.5 Å². The number of rotatable bonds is 5. The van der Waals surface area contributed by atoms with Crippen molar-refractivity contribution in [2.75, 3.05) is 0 Å². The molecule has 0 radical (unpaired) electrons. The molecule has 8 aromatic carbocycles. The molecule has 0 bridgehead atoms. The Morgan fingerprint density at radius 3 is 1.66 bits per heavy atom. The van der Waals surface area contributed by atoms with Crippen LogP contribution in [0, 0.1) is 0 Å². The van der Waals surface area contributed by atoms with E-state index >= 15 is 0 Å². The highest BCUT2D eigenvalue weighted by atomic mass is 15.0. The quantitative estimate of drug-likeness (QED) is 0.174. The zero-order valence-corrected chi connectivity index (χ0v) is 35.4. The van der Waals surface area contributed by atoms with Gasteiger partial charge in [-0.25, -0.2) is 15.0 Å². The van der Waals surface area contributed by atoms with Gasteiger partial charge < -0.3 is 9.13 Å². The van der Waals surface area contributed by atoms with Crippen molar-refractivity contribution >= 4 is 54.4 Å². The van der Waals surface area contributed by atoms with Gasteiger partial charge in [0.05, 0.1) is 27.8 Å². The lowest BCUT2D eigenvalue weighted by molar-refractivity contribution is 0.334. The van der Waals surface area contributed by atoms with Gasteiger partial charge in [-0.3, -0.25) is 0 Å². The average Bonchev–Trinajstić information content (AvgIpc) is 3.83. The molecule has 11 aromatic rings. The Morgan fingerprint density at radius 2 is 0.952 bits per heavy atom. The molecule has 0 saturated heterocycles. The summed E-state index contributed by atoms with van der Waals surface area (Å²) in [5.41, 5.74) is 12.9. The fraction of sp³-hybridized carbons (Fsp3) is 0.140. The van der Waals surface area contributed by atoms with E-state index in [-0.39, 0.29) is 10.8 Å². The molecule has 5 nitrogen and oxygen atoms in total. The van der Waals surface area contributed by atoms with Crippen molar-refractivity contribution in [3.05, 3.63) is 187 Å². The predicted octanol–water partition coefficient (Wildman–Crippen LogP) is 14.6. The number of nitrogens with zero attached hydrogens (tertiary/aromatic N) is 5. The van der Waals surface area contributed by atoms with E-state index in [9.17, 15) is 0 Å². The van der Waals surface area contributed by atoms with Gasteiger partial charge >= 0.3 is 0 Å². The maximum atomic E-state index is 5.33. The van der Waals surface area contributed by atoms with Crippen molar-refractivity contribution in [2.24, 2.45) is 0 Å².